The van der Waals surface area contributed by atoms with Gasteiger partial charge in [-0.05, 0) is 16.3 Å². The van der Waals surface area contributed by atoms with Crippen LogP contribution in [0.25, 0.3) is 5.47 Å². The fourth-order valence-corrected chi connectivity index (χ4v) is 1.04. The molecule has 1 atom stereocenters. The Morgan fingerprint density at radius 1 is 1.25 bits per heavy atom. The summed E-state index contributed by atoms with van der Waals surface area (Å²) in [4.78, 5) is 0. The standard InChI is InChI=1S/C8H10BO2P/c1-6(9(10)11)7-2-4-8(12)5-3-7/h2-5,10-11H,1,12H2. The lowest BCUT2D eigenvalue weighted by Gasteiger charge is -2.03. The molecule has 0 aromatic heterocycles. The van der Waals surface area contributed by atoms with Crippen molar-refractivity contribution in [3.05, 3.63) is 36.4 Å². The van der Waals surface area contributed by atoms with Gasteiger partial charge in [-0.1, -0.05) is 30.8 Å². The summed E-state index contributed by atoms with van der Waals surface area (Å²) in [5.41, 5.74) is 1.07. The maximum absolute atomic E-state index is 8.79. The summed E-state index contributed by atoms with van der Waals surface area (Å²) in [5, 5.41) is 18.6. The molecule has 62 valence electrons. The van der Waals surface area contributed by atoms with E-state index in [1.165, 1.54) is 0 Å². The molecule has 0 spiro atoms. The maximum atomic E-state index is 8.79. The number of hydrogen-bond donors (Lipinski definition) is 2. The summed E-state index contributed by atoms with van der Waals surface area (Å²) in [6.07, 6.45) is 0. The topological polar surface area (TPSA) is 40.5 Å². The highest BCUT2D eigenvalue weighted by atomic mass is 31.0. The van der Waals surface area contributed by atoms with Crippen molar-refractivity contribution in [3.8, 4) is 0 Å². The first-order valence-corrected chi connectivity index (χ1v) is 4.10. The fraction of sp³-hybridized carbons (Fsp3) is 0. The molecule has 0 amide bonds. The van der Waals surface area contributed by atoms with Crippen molar-refractivity contribution in [2.24, 2.45) is 0 Å². The van der Waals surface area contributed by atoms with Gasteiger partial charge in [0.25, 0.3) is 0 Å². The smallest absolute Gasteiger partial charge is 0.423 e. The highest BCUT2D eigenvalue weighted by Crippen LogP contribution is 2.11. The summed E-state index contributed by atoms with van der Waals surface area (Å²) >= 11 is 0. The van der Waals surface area contributed by atoms with Gasteiger partial charge >= 0.3 is 7.12 Å². The van der Waals surface area contributed by atoms with E-state index < -0.39 is 7.12 Å². The minimum Gasteiger partial charge on any atom is -0.423 e. The Kier molecular flexibility index (Phi) is 3.04. The molecule has 0 fully saturated rings. The van der Waals surface area contributed by atoms with Crippen LogP contribution in [-0.4, -0.2) is 17.2 Å². The number of hydrogen-bond acceptors (Lipinski definition) is 2. The van der Waals surface area contributed by atoms with Gasteiger partial charge in [0, 0.05) is 0 Å². The van der Waals surface area contributed by atoms with Crippen LogP contribution in [0.2, 0.25) is 0 Å². The Labute approximate surface area is 74.3 Å². The van der Waals surface area contributed by atoms with E-state index in [9.17, 15) is 0 Å². The van der Waals surface area contributed by atoms with Crippen LogP contribution < -0.4 is 5.30 Å². The van der Waals surface area contributed by atoms with Crippen LogP contribution >= 0.6 is 9.24 Å². The van der Waals surface area contributed by atoms with Crippen LogP contribution in [0.3, 0.4) is 0 Å². The van der Waals surface area contributed by atoms with Crippen LogP contribution in [0.1, 0.15) is 5.56 Å². The van der Waals surface area contributed by atoms with Crippen molar-refractivity contribution in [1.29, 1.82) is 0 Å². The van der Waals surface area contributed by atoms with E-state index in [1.54, 1.807) is 12.1 Å². The lowest BCUT2D eigenvalue weighted by atomic mass is 9.76. The van der Waals surface area contributed by atoms with Crippen molar-refractivity contribution in [2.75, 3.05) is 0 Å². The largest absolute Gasteiger partial charge is 0.488 e. The molecule has 0 heterocycles. The molecule has 1 rings (SSSR count). The predicted octanol–water partition coefficient (Wildman–Crippen LogP) is 0.212. The van der Waals surface area contributed by atoms with Gasteiger partial charge in [0.2, 0.25) is 0 Å². The molecule has 0 saturated carbocycles. The van der Waals surface area contributed by atoms with Gasteiger partial charge in [-0.3, -0.25) is 0 Å². The van der Waals surface area contributed by atoms with Crippen molar-refractivity contribution < 1.29 is 10.0 Å². The third-order valence-electron chi connectivity index (χ3n) is 1.59. The molecular weight excluding hydrogens is 170 g/mol. The zero-order valence-electron chi connectivity index (χ0n) is 6.57. The molecule has 1 aromatic carbocycles. The molecule has 12 heavy (non-hydrogen) atoms. The molecule has 0 saturated heterocycles. The first-order chi connectivity index (χ1) is 5.61. The monoisotopic (exact) mass is 180 g/mol. The molecule has 0 bridgehead atoms. The van der Waals surface area contributed by atoms with Gasteiger partial charge in [0.1, 0.15) is 0 Å². The SMILES string of the molecule is C=C(B(O)O)c1ccc(P)cc1. The molecule has 0 aliphatic heterocycles. The second kappa shape index (κ2) is 3.86. The van der Waals surface area contributed by atoms with E-state index in [0.29, 0.717) is 5.47 Å². The van der Waals surface area contributed by atoms with Crippen LogP contribution in [0.4, 0.5) is 0 Å². The van der Waals surface area contributed by atoms with Gasteiger partial charge < -0.3 is 10.0 Å². The summed E-state index contributed by atoms with van der Waals surface area (Å²) in [5.74, 6) is 0. The second-order valence-corrected chi connectivity index (χ2v) is 3.19. The first kappa shape index (κ1) is 9.46. The number of rotatable bonds is 2. The molecule has 2 nitrogen and oxygen atoms in total. The number of benzene rings is 1. The molecule has 2 N–H and O–H groups in total. The lowest BCUT2D eigenvalue weighted by molar-refractivity contribution is 0.427. The lowest BCUT2D eigenvalue weighted by Crippen LogP contribution is -2.13. The normalized spacial score (nSPS) is 9.58. The van der Waals surface area contributed by atoms with Crippen LogP contribution in [0, 0.1) is 0 Å². The molecule has 1 unspecified atom stereocenters. The summed E-state index contributed by atoms with van der Waals surface area (Å²) in [6.45, 7) is 3.55. The average Bonchev–Trinajstić information content (AvgIpc) is 2.04. The van der Waals surface area contributed by atoms with E-state index in [2.05, 4.69) is 15.8 Å². The molecule has 1 aromatic rings. The maximum Gasteiger partial charge on any atom is 0.488 e. The van der Waals surface area contributed by atoms with Gasteiger partial charge in [0.15, 0.2) is 0 Å². The summed E-state index contributed by atoms with van der Waals surface area (Å²) in [6, 6.07) is 7.33. The van der Waals surface area contributed by atoms with Crippen molar-refractivity contribution >= 4 is 27.1 Å². The van der Waals surface area contributed by atoms with Crippen molar-refractivity contribution in [1.82, 2.24) is 0 Å². The predicted molar refractivity (Wildman–Crippen MR) is 55.0 cm³/mol. The van der Waals surface area contributed by atoms with Crippen LogP contribution in [-0.2, 0) is 0 Å². The Hall–Kier alpha value is -0.625. The zero-order valence-corrected chi connectivity index (χ0v) is 7.72. The molecular formula is C8H10BO2P. The van der Waals surface area contributed by atoms with E-state index in [4.69, 9.17) is 10.0 Å². The minimum absolute atomic E-state index is 0.319. The van der Waals surface area contributed by atoms with E-state index >= 15 is 0 Å². The van der Waals surface area contributed by atoms with Gasteiger partial charge in [0.05, 0.1) is 0 Å². The minimum atomic E-state index is -1.47. The fourth-order valence-electron chi connectivity index (χ4n) is 0.846. The quantitative estimate of drug-likeness (QED) is 0.504. The Morgan fingerprint density at radius 3 is 2.17 bits per heavy atom. The van der Waals surface area contributed by atoms with Crippen LogP contribution in [0.5, 0.6) is 0 Å². The highest BCUT2D eigenvalue weighted by molar-refractivity contribution is 7.27. The average molecular weight is 180 g/mol. The molecule has 0 aliphatic carbocycles. The molecule has 0 radical (unpaired) electrons. The van der Waals surface area contributed by atoms with E-state index in [1.807, 2.05) is 12.1 Å². The third-order valence-corrected chi connectivity index (χ3v) is 1.98. The van der Waals surface area contributed by atoms with Crippen molar-refractivity contribution in [3.63, 3.8) is 0 Å². The van der Waals surface area contributed by atoms with Gasteiger partial charge in [-0.25, -0.2) is 0 Å². The third kappa shape index (κ3) is 2.18. The van der Waals surface area contributed by atoms with Crippen molar-refractivity contribution in [2.45, 2.75) is 0 Å². The van der Waals surface area contributed by atoms with E-state index in [-0.39, 0.29) is 0 Å². The molecule has 4 heteroatoms. The Bertz CT molecular complexity index is 282. The zero-order chi connectivity index (χ0) is 9.14. The Balaban J connectivity index is 2.90. The highest BCUT2D eigenvalue weighted by Gasteiger charge is 2.13. The van der Waals surface area contributed by atoms with Gasteiger partial charge in [-0.2, -0.15) is 0 Å². The Morgan fingerprint density at radius 2 is 1.75 bits per heavy atom. The van der Waals surface area contributed by atoms with Gasteiger partial charge in [-0.15, -0.1) is 9.24 Å². The molecule has 0 aliphatic rings. The summed E-state index contributed by atoms with van der Waals surface area (Å²) < 4.78 is 0. The second-order valence-electron chi connectivity index (χ2n) is 2.52. The van der Waals surface area contributed by atoms with Crippen LogP contribution in [0.15, 0.2) is 30.8 Å². The summed E-state index contributed by atoms with van der Waals surface area (Å²) in [7, 11) is 1.08. The van der Waals surface area contributed by atoms with E-state index in [0.717, 1.165) is 10.9 Å². The first-order valence-electron chi connectivity index (χ1n) is 3.52.